The molecule has 1 amide bonds. The molecule has 3 N–H and O–H groups in total. The summed E-state index contributed by atoms with van der Waals surface area (Å²) < 4.78 is 25.5. The van der Waals surface area contributed by atoms with Crippen molar-refractivity contribution in [1.82, 2.24) is 5.32 Å². The van der Waals surface area contributed by atoms with Crippen molar-refractivity contribution < 1.29 is 13.2 Å². The Bertz CT molecular complexity index is 831. The van der Waals surface area contributed by atoms with E-state index in [0.717, 1.165) is 44.1 Å². The van der Waals surface area contributed by atoms with Crippen LogP contribution in [0.1, 0.15) is 54.4 Å². The number of nitrogens with two attached hydrogens (primary N) is 1. The molecule has 6 nitrogen and oxygen atoms in total. The van der Waals surface area contributed by atoms with E-state index >= 15 is 0 Å². The summed E-state index contributed by atoms with van der Waals surface area (Å²) in [6.07, 6.45) is 8.31. The maximum Gasteiger partial charge on any atom is 0.251 e. The van der Waals surface area contributed by atoms with Crippen molar-refractivity contribution in [2.45, 2.75) is 57.0 Å². The number of hydrogen-bond donors (Lipinski definition) is 2. The van der Waals surface area contributed by atoms with E-state index in [-0.39, 0.29) is 30.4 Å². The SMILES string of the molecule is CS(=O)(=O)N1CCCc2cc(C(=O)NC3C4CCCC3CC(N)C4)ccc21.Cl. The molecule has 1 aromatic carbocycles. The van der Waals surface area contributed by atoms with Crippen molar-refractivity contribution >= 4 is 34.0 Å². The molecular formula is C20H30ClN3O3S. The number of fused-ring (bicyclic) bond motifs is 3. The van der Waals surface area contributed by atoms with E-state index < -0.39 is 10.0 Å². The molecule has 28 heavy (non-hydrogen) atoms. The fourth-order valence-electron chi connectivity index (χ4n) is 5.31. The highest BCUT2D eigenvalue weighted by Crippen LogP contribution is 2.40. The zero-order valence-electron chi connectivity index (χ0n) is 16.3. The quantitative estimate of drug-likeness (QED) is 0.774. The summed E-state index contributed by atoms with van der Waals surface area (Å²) in [5.74, 6) is 0.913. The smallest absolute Gasteiger partial charge is 0.251 e. The van der Waals surface area contributed by atoms with E-state index in [4.69, 9.17) is 5.73 Å². The molecule has 2 saturated carbocycles. The van der Waals surface area contributed by atoms with Gasteiger partial charge in [-0.15, -0.1) is 12.4 Å². The standard InChI is InChI=1S/C20H29N3O3S.ClH/c1-27(25,26)23-9-3-6-13-10-16(7-8-18(13)23)20(24)22-19-14-4-2-5-15(19)12-17(21)11-14;/h7-8,10,14-15,17,19H,2-6,9,11-12,21H2,1H3,(H,22,24);1H. The first-order valence-electron chi connectivity index (χ1n) is 10.00. The molecule has 8 heteroatoms. The monoisotopic (exact) mass is 427 g/mol. The molecule has 2 unspecified atom stereocenters. The third-order valence-corrected chi connectivity index (χ3v) is 7.67. The van der Waals surface area contributed by atoms with Gasteiger partial charge in [0.1, 0.15) is 0 Å². The molecule has 3 aliphatic rings. The minimum absolute atomic E-state index is 0. The highest BCUT2D eigenvalue weighted by molar-refractivity contribution is 7.92. The maximum atomic E-state index is 12.9. The third kappa shape index (κ3) is 4.16. The van der Waals surface area contributed by atoms with Crippen LogP contribution in [0, 0.1) is 11.8 Å². The first-order valence-corrected chi connectivity index (χ1v) is 11.8. The molecule has 0 saturated heterocycles. The molecule has 2 atom stereocenters. The number of amides is 1. The van der Waals surface area contributed by atoms with E-state index in [2.05, 4.69) is 5.32 Å². The lowest BCUT2D eigenvalue weighted by molar-refractivity contribution is 0.0756. The molecule has 1 aliphatic heterocycles. The Hall–Kier alpha value is -1.31. The minimum atomic E-state index is -3.29. The van der Waals surface area contributed by atoms with Crippen molar-refractivity contribution in [3.63, 3.8) is 0 Å². The molecule has 2 bridgehead atoms. The highest BCUT2D eigenvalue weighted by atomic mass is 35.5. The molecule has 0 aromatic heterocycles. The molecule has 1 aromatic rings. The van der Waals surface area contributed by atoms with Gasteiger partial charge in [-0.1, -0.05) is 6.42 Å². The summed E-state index contributed by atoms with van der Waals surface area (Å²) in [5.41, 5.74) is 8.45. The van der Waals surface area contributed by atoms with Gasteiger partial charge >= 0.3 is 0 Å². The van der Waals surface area contributed by atoms with Crippen LogP contribution in [0.2, 0.25) is 0 Å². The number of aryl methyl sites for hydroxylation is 1. The Labute approximate surface area is 173 Å². The van der Waals surface area contributed by atoms with E-state index in [9.17, 15) is 13.2 Å². The van der Waals surface area contributed by atoms with E-state index in [1.165, 1.54) is 17.0 Å². The molecule has 0 spiro atoms. The van der Waals surface area contributed by atoms with Crippen molar-refractivity contribution in [3.8, 4) is 0 Å². The minimum Gasteiger partial charge on any atom is -0.349 e. The number of benzene rings is 1. The van der Waals surface area contributed by atoms with Crippen LogP contribution in [0.15, 0.2) is 18.2 Å². The van der Waals surface area contributed by atoms with Gasteiger partial charge in [0.2, 0.25) is 10.0 Å². The summed E-state index contributed by atoms with van der Waals surface area (Å²) in [4.78, 5) is 12.9. The average molecular weight is 428 g/mol. The molecule has 0 radical (unpaired) electrons. The van der Waals surface area contributed by atoms with Crippen LogP contribution >= 0.6 is 12.4 Å². The van der Waals surface area contributed by atoms with Crippen molar-refractivity contribution in [3.05, 3.63) is 29.3 Å². The predicted octanol–water partition coefficient (Wildman–Crippen LogP) is 2.46. The zero-order valence-corrected chi connectivity index (χ0v) is 17.9. The van der Waals surface area contributed by atoms with Gasteiger partial charge in [0, 0.05) is 24.2 Å². The van der Waals surface area contributed by atoms with Crippen LogP contribution in [-0.2, 0) is 16.4 Å². The van der Waals surface area contributed by atoms with Crippen molar-refractivity contribution in [1.29, 1.82) is 0 Å². The summed E-state index contributed by atoms with van der Waals surface area (Å²) >= 11 is 0. The van der Waals surface area contributed by atoms with Gasteiger partial charge in [-0.3, -0.25) is 9.10 Å². The van der Waals surface area contributed by atoms with Crippen LogP contribution in [0.25, 0.3) is 0 Å². The Kier molecular flexibility index (Phi) is 6.27. The Morgan fingerprint density at radius 1 is 1.18 bits per heavy atom. The van der Waals surface area contributed by atoms with Gasteiger partial charge < -0.3 is 11.1 Å². The van der Waals surface area contributed by atoms with Crippen molar-refractivity contribution in [2.24, 2.45) is 17.6 Å². The number of nitrogens with zero attached hydrogens (tertiary/aromatic N) is 1. The van der Waals surface area contributed by atoms with Crippen molar-refractivity contribution in [2.75, 3.05) is 17.1 Å². The third-order valence-electron chi connectivity index (χ3n) is 6.49. The van der Waals surface area contributed by atoms with E-state index in [1.54, 1.807) is 12.1 Å². The number of carbonyl (C=O) groups is 1. The summed E-state index contributed by atoms with van der Waals surface area (Å²) in [5, 5.41) is 3.28. The van der Waals surface area contributed by atoms with Crippen LogP contribution in [-0.4, -0.2) is 39.2 Å². The topological polar surface area (TPSA) is 92.5 Å². The lowest BCUT2D eigenvalue weighted by atomic mass is 9.67. The number of halogens is 1. The average Bonchev–Trinajstić information content (AvgIpc) is 2.60. The fraction of sp³-hybridized carbons (Fsp3) is 0.650. The van der Waals surface area contributed by atoms with Gasteiger partial charge in [0.25, 0.3) is 5.91 Å². The second-order valence-electron chi connectivity index (χ2n) is 8.46. The van der Waals surface area contributed by atoms with Crippen LogP contribution in [0.5, 0.6) is 0 Å². The summed E-state index contributed by atoms with van der Waals surface area (Å²) in [6.45, 7) is 0.503. The normalized spacial score (nSPS) is 29.4. The van der Waals surface area contributed by atoms with Gasteiger partial charge in [-0.2, -0.15) is 0 Å². The number of carbonyl (C=O) groups excluding carboxylic acids is 1. The van der Waals surface area contributed by atoms with Gasteiger partial charge in [0.15, 0.2) is 0 Å². The Morgan fingerprint density at radius 3 is 2.50 bits per heavy atom. The molecule has 2 aliphatic carbocycles. The van der Waals surface area contributed by atoms with E-state index in [1.807, 2.05) is 6.07 Å². The van der Waals surface area contributed by atoms with Gasteiger partial charge in [-0.25, -0.2) is 8.42 Å². The fourth-order valence-corrected chi connectivity index (χ4v) is 6.30. The second kappa shape index (κ2) is 8.20. The maximum absolute atomic E-state index is 12.9. The second-order valence-corrected chi connectivity index (χ2v) is 10.4. The number of hydrogen-bond acceptors (Lipinski definition) is 4. The Balaban J connectivity index is 0.00000225. The van der Waals surface area contributed by atoms with Crippen LogP contribution < -0.4 is 15.4 Å². The molecule has 2 fully saturated rings. The first kappa shape index (κ1) is 21.4. The largest absolute Gasteiger partial charge is 0.349 e. The molecule has 156 valence electrons. The number of sulfonamides is 1. The molecular weight excluding hydrogens is 398 g/mol. The number of anilines is 1. The van der Waals surface area contributed by atoms with Crippen LogP contribution in [0.4, 0.5) is 5.69 Å². The summed E-state index contributed by atoms with van der Waals surface area (Å²) in [7, 11) is -3.29. The lowest BCUT2D eigenvalue weighted by Gasteiger charge is -2.45. The van der Waals surface area contributed by atoms with Gasteiger partial charge in [0.05, 0.1) is 11.9 Å². The first-order chi connectivity index (χ1) is 12.8. The molecule has 1 heterocycles. The zero-order chi connectivity index (χ0) is 19.2. The predicted molar refractivity (Wildman–Crippen MR) is 113 cm³/mol. The Morgan fingerprint density at radius 2 is 1.86 bits per heavy atom. The van der Waals surface area contributed by atoms with Gasteiger partial charge in [-0.05, 0) is 74.1 Å². The highest BCUT2D eigenvalue weighted by Gasteiger charge is 2.40. The summed E-state index contributed by atoms with van der Waals surface area (Å²) in [6, 6.07) is 5.88. The molecule has 4 rings (SSSR count). The number of nitrogens with one attached hydrogen (secondary N) is 1. The van der Waals surface area contributed by atoms with Crippen LogP contribution in [0.3, 0.4) is 0 Å². The lowest BCUT2D eigenvalue weighted by Crippen LogP contribution is -2.53. The number of rotatable bonds is 3. The van der Waals surface area contributed by atoms with E-state index in [0.29, 0.717) is 29.6 Å².